The summed E-state index contributed by atoms with van der Waals surface area (Å²) in [6.07, 6.45) is -0.0147. The van der Waals surface area contributed by atoms with Crippen LogP contribution >= 0.6 is 0 Å². The summed E-state index contributed by atoms with van der Waals surface area (Å²) < 4.78 is 74.3. The molecule has 0 radical (unpaired) electrons. The van der Waals surface area contributed by atoms with Crippen LogP contribution in [0.5, 0.6) is 40.2 Å². The second-order valence-corrected chi connectivity index (χ2v) is 31.8. The van der Waals surface area contributed by atoms with Crippen molar-refractivity contribution in [2.45, 2.75) is 86.5 Å². The summed E-state index contributed by atoms with van der Waals surface area (Å²) in [5, 5.41) is 9.29. The van der Waals surface area contributed by atoms with Gasteiger partial charge >= 0.3 is 28.5 Å². The monoisotopic (exact) mass is 1750 g/mol. The van der Waals surface area contributed by atoms with Crippen LogP contribution in [-0.4, -0.2) is 5.97 Å². The fourth-order valence-electron chi connectivity index (χ4n) is 15.5. The fraction of sp³-hybridized carbons (Fsp3) is 0.114. The van der Waals surface area contributed by atoms with Crippen LogP contribution in [0.4, 0.5) is 0 Å². The number of esters is 1. The Kier molecular flexibility index (Phi) is 27.4. The first kappa shape index (κ1) is 87.3. The number of hydrogen-bond acceptors (Lipinski definition) is 18. The summed E-state index contributed by atoms with van der Waals surface area (Å²) in [7, 11) is 0. The van der Waals surface area contributed by atoms with Crippen molar-refractivity contribution in [3.05, 3.63) is 490 Å². The molecule has 0 N–H and O–H groups in total. The van der Waals surface area contributed by atoms with Crippen LogP contribution in [0, 0.1) is 27.7 Å². The van der Waals surface area contributed by atoms with E-state index in [1.165, 1.54) is 35.0 Å². The Bertz CT molecular complexity index is 7620. The van der Waals surface area contributed by atoms with Gasteiger partial charge in [-0.15, -0.1) is 0 Å². The van der Waals surface area contributed by atoms with Crippen molar-refractivity contribution >= 4 is 82.4 Å². The number of hydrogen-bond donors (Lipinski definition) is 0. The first-order valence-corrected chi connectivity index (χ1v) is 43.1. The summed E-state index contributed by atoms with van der Waals surface area (Å²) in [6.45, 7) is 10.2. The molecule has 15 aromatic carbocycles. The lowest BCUT2D eigenvalue weighted by molar-refractivity contribution is -0.144. The van der Waals surface area contributed by atoms with E-state index in [1.807, 2.05) is 295 Å². The Labute approximate surface area is 759 Å². The van der Waals surface area contributed by atoms with Gasteiger partial charge in [0.1, 0.15) is 126 Å². The van der Waals surface area contributed by atoms with Gasteiger partial charge < -0.3 is 60.0 Å². The van der Waals surface area contributed by atoms with E-state index in [1.54, 1.807) is 24.3 Å². The standard InChI is InChI=1S/C30H24O5.C30H24O4.C28H22O4.C26H20O5/c1-20-14-30(32)35-28-17-25(12-13-26(20)28)33-18-22-7-4-6-21(15-22)16-29(31)34-19-24-10-5-9-23-8-2-3-11-27(23)24;1-21-18-29(31)34-28-19-26(16-17-27(21)28)32-20-22-12-14-25(15-13-22)33-30(23-8-4-2-5-9-23)24-10-6-3-7-11-24;1-19-15-28(29)32-27-16-24(13-14-25(19)27)30-17-20-9-11-23(12-10-20)31-18-22-7-4-6-21-5-2-3-8-26(21)22;1-17-12-26(27)31-25-14-21(10-11-23(17)25)28-15-18-6-8-20(9-7-18)29-16-22-13-19-4-2-3-5-24(19)30-22/h2-15,17H,16,18-19H2,1H3;2-19,30H,20H2,1H3;2-16H,17-18H2,1H3;2-14H,15-16H2,1H3. The molecule has 20 rings (SSSR count). The number of aryl methyl sites for hydroxylation is 4. The summed E-state index contributed by atoms with van der Waals surface area (Å²) in [5.41, 5.74) is 14.2. The Morgan fingerprint density at radius 2 is 0.591 bits per heavy atom. The summed E-state index contributed by atoms with van der Waals surface area (Å²) in [5.74, 6) is 5.40. The van der Waals surface area contributed by atoms with E-state index in [0.29, 0.717) is 85.0 Å². The molecule has 0 unspecified atom stereocenters. The predicted molar refractivity (Wildman–Crippen MR) is 514 cm³/mol. The first-order chi connectivity index (χ1) is 64.5. The molecule has 0 aliphatic heterocycles. The lowest BCUT2D eigenvalue weighted by Gasteiger charge is -2.20. The molecule has 0 saturated heterocycles. The molecule has 0 amide bonds. The molecule has 18 heteroatoms. The highest BCUT2D eigenvalue weighted by molar-refractivity contribution is 5.88. The van der Waals surface area contributed by atoms with Gasteiger partial charge in [-0.25, -0.2) is 19.2 Å². The molecular formula is C114H90O18. The largest absolute Gasteiger partial charge is 0.489 e. The highest BCUT2D eigenvalue weighted by Crippen LogP contribution is 2.34. The maximum Gasteiger partial charge on any atom is 0.336 e. The third-order valence-electron chi connectivity index (χ3n) is 22.3. The number of rotatable bonds is 26. The summed E-state index contributed by atoms with van der Waals surface area (Å²) >= 11 is 0. The molecule has 0 atom stereocenters. The van der Waals surface area contributed by atoms with Crippen molar-refractivity contribution in [3.8, 4) is 40.2 Å². The van der Waals surface area contributed by atoms with Crippen molar-refractivity contribution in [1.29, 1.82) is 0 Å². The molecule has 5 aromatic heterocycles. The third-order valence-corrected chi connectivity index (χ3v) is 22.3. The molecule has 0 spiro atoms. The van der Waals surface area contributed by atoms with Crippen LogP contribution in [0.15, 0.2) is 411 Å². The van der Waals surface area contributed by atoms with E-state index in [4.69, 9.17) is 60.0 Å². The topological polar surface area (TPSA) is 225 Å². The highest BCUT2D eigenvalue weighted by atomic mass is 16.5. The van der Waals surface area contributed by atoms with Gasteiger partial charge in [-0.2, -0.15) is 0 Å². The molecule has 654 valence electrons. The highest BCUT2D eigenvalue weighted by Gasteiger charge is 2.18. The van der Waals surface area contributed by atoms with E-state index in [9.17, 15) is 24.0 Å². The first-order valence-electron chi connectivity index (χ1n) is 43.1. The van der Waals surface area contributed by atoms with Crippen LogP contribution in [0.2, 0.25) is 0 Å². The Hall–Kier alpha value is -16.7. The number of ether oxygens (including phenoxy) is 8. The van der Waals surface area contributed by atoms with E-state index in [0.717, 1.165) is 139 Å². The van der Waals surface area contributed by atoms with Crippen LogP contribution in [0.25, 0.3) is 76.4 Å². The summed E-state index contributed by atoms with van der Waals surface area (Å²) in [6, 6.07) is 118. The molecule has 20 aromatic rings. The van der Waals surface area contributed by atoms with Gasteiger partial charge in [-0.3, -0.25) is 4.79 Å². The quantitative estimate of drug-likeness (QED) is 0.0363. The van der Waals surface area contributed by atoms with Crippen molar-refractivity contribution < 1.29 is 64.8 Å². The Morgan fingerprint density at radius 3 is 1.02 bits per heavy atom. The van der Waals surface area contributed by atoms with E-state index >= 15 is 0 Å². The minimum absolute atomic E-state index is 0.180. The zero-order valence-electron chi connectivity index (χ0n) is 72.8. The van der Waals surface area contributed by atoms with Gasteiger partial charge in [0.2, 0.25) is 0 Å². The van der Waals surface area contributed by atoms with Crippen molar-refractivity contribution in [2.24, 2.45) is 0 Å². The minimum Gasteiger partial charge on any atom is -0.489 e. The molecule has 0 aliphatic carbocycles. The molecule has 132 heavy (non-hydrogen) atoms. The lowest BCUT2D eigenvalue weighted by atomic mass is 10.0. The fourth-order valence-corrected chi connectivity index (χ4v) is 15.5. The maximum absolute atomic E-state index is 12.5. The zero-order chi connectivity index (χ0) is 90.7. The molecule has 0 saturated carbocycles. The van der Waals surface area contributed by atoms with Crippen molar-refractivity contribution in [1.82, 2.24) is 0 Å². The van der Waals surface area contributed by atoms with E-state index in [2.05, 4.69) is 54.6 Å². The van der Waals surface area contributed by atoms with Crippen LogP contribution in [0.3, 0.4) is 0 Å². The van der Waals surface area contributed by atoms with Crippen LogP contribution in [0.1, 0.15) is 84.2 Å². The average Bonchev–Trinajstić information content (AvgIpc) is 1.39. The number of furan rings is 1. The average molecular weight is 1750 g/mol. The van der Waals surface area contributed by atoms with Crippen molar-refractivity contribution in [2.75, 3.05) is 0 Å². The maximum atomic E-state index is 12.5. The summed E-state index contributed by atoms with van der Waals surface area (Å²) in [4.78, 5) is 59.0. The van der Waals surface area contributed by atoms with Gasteiger partial charge in [0.25, 0.3) is 0 Å². The van der Waals surface area contributed by atoms with Crippen LogP contribution in [-0.2, 0) is 62.2 Å². The number of carbonyl (C=O) groups excluding carboxylic acids is 1. The van der Waals surface area contributed by atoms with Gasteiger partial charge in [-0.05, 0) is 219 Å². The van der Waals surface area contributed by atoms with Gasteiger partial charge in [0, 0.05) is 75.5 Å². The number of benzene rings is 15. The zero-order valence-corrected chi connectivity index (χ0v) is 72.8. The smallest absolute Gasteiger partial charge is 0.336 e. The van der Waals surface area contributed by atoms with Crippen molar-refractivity contribution in [3.63, 3.8) is 0 Å². The molecule has 0 aliphatic rings. The SMILES string of the molecule is Cc1cc(=O)oc2cc(OCc3ccc(OC(c4ccccc4)c4ccccc4)cc3)ccc12.Cc1cc(=O)oc2cc(OCc3ccc(OCc4cc5ccccc5o4)cc3)ccc12.Cc1cc(=O)oc2cc(OCc3ccc(OCc4cccc5ccccc45)cc3)ccc12.Cc1cc(=O)oc2cc(OCc3cccc(CC(=O)OCc4cccc5ccccc45)c3)ccc12. The van der Waals surface area contributed by atoms with Gasteiger partial charge in [0.05, 0.1) is 6.42 Å². The molecule has 18 nitrogen and oxygen atoms in total. The minimum atomic E-state index is -0.382. The normalized spacial score (nSPS) is 11.0. The number of fused-ring (bicyclic) bond motifs is 7. The number of para-hydroxylation sites is 1. The van der Waals surface area contributed by atoms with E-state index < -0.39 is 0 Å². The van der Waals surface area contributed by atoms with Gasteiger partial charge in [-0.1, -0.05) is 224 Å². The molecule has 0 fully saturated rings. The van der Waals surface area contributed by atoms with Gasteiger partial charge in [0.15, 0.2) is 0 Å². The lowest BCUT2D eigenvalue weighted by Crippen LogP contribution is -2.09. The second-order valence-electron chi connectivity index (χ2n) is 31.8. The Balaban J connectivity index is 0.000000123. The van der Waals surface area contributed by atoms with Crippen LogP contribution < -0.4 is 55.7 Å². The predicted octanol–water partition coefficient (Wildman–Crippen LogP) is 25.4. The Morgan fingerprint density at radius 1 is 0.250 bits per heavy atom. The second kappa shape index (κ2) is 41.4. The third kappa shape index (κ3) is 22.6. The number of carbonyl (C=O) groups is 1. The molecule has 0 bridgehead atoms. The molecule has 5 heterocycles. The molecular weight excluding hydrogens is 1660 g/mol. The van der Waals surface area contributed by atoms with E-state index in [-0.39, 0.29) is 47.6 Å².